The van der Waals surface area contributed by atoms with Crippen LogP contribution < -0.4 is 15.4 Å². The van der Waals surface area contributed by atoms with Crippen molar-refractivity contribution >= 4 is 28.7 Å². The smallest absolute Gasteiger partial charge is 0.175 e. The van der Waals surface area contributed by atoms with E-state index < -0.39 is 0 Å². The molecule has 0 atom stereocenters. The van der Waals surface area contributed by atoms with Crippen LogP contribution in [0, 0.1) is 13.8 Å². The van der Waals surface area contributed by atoms with Crippen LogP contribution in [0.1, 0.15) is 42.3 Å². The zero-order chi connectivity index (χ0) is 24.6. The van der Waals surface area contributed by atoms with Crippen LogP contribution >= 0.6 is 12.2 Å². The predicted octanol–water partition coefficient (Wildman–Crippen LogP) is 7.49. The lowest BCUT2D eigenvalue weighted by Gasteiger charge is -2.12. The number of hydrogen-bond donors (Lipinski definition) is 2. The number of aryl methyl sites for hydroxylation is 2. The van der Waals surface area contributed by atoms with E-state index in [1.54, 1.807) is 0 Å². The number of aromatic nitrogens is 2. The molecule has 180 valence electrons. The van der Waals surface area contributed by atoms with Gasteiger partial charge in [-0.3, -0.25) is 4.68 Å². The zero-order valence-electron chi connectivity index (χ0n) is 20.5. The highest BCUT2D eigenvalue weighted by Crippen LogP contribution is 2.24. The largest absolute Gasteiger partial charge is 0.457 e. The molecule has 0 radical (unpaired) electrons. The van der Waals surface area contributed by atoms with Crippen molar-refractivity contribution in [1.82, 2.24) is 9.78 Å². The van der Waals surface area contributed by atoms with Crippen molar-refractivity contribution < 1.29 is 4.74 Å². The molecule has 1 aromatic heterocycles. The number of benzene rings is 3. The molecule has 0 spiro atoms. The summed E-state index contributed by atoms with van der Waals surface area (Å²) in [5.74, 6) is 1.62. The number of hydrogen-bond acceptors (Lipinski definition) is 3. The van der Waals surface area contributed by atoms with Crippen LogP contribution in [0.4, 0.5) is 11.4 Å². The zero-order valence-corrected chi connectivity index (χ0v) is 21.4. The Bertz CT molecular complexity index is 1270. The number of nitrogens with one attached hydrogen (secondary N) is 2. The molecular formula is C29H32N4OS. The second-order valence-corrected chi connectivity index (χ2v) is 9.05. The number of ether oxygens (including phenoxy) is 1. The van der Waals surface area contributed by atoms with Crippen molar-refractivity contribution in [3.05, 3.63) is 101 Å². The summed E-state index contributed by atoms with van der Waals surface area (Å²) in [6.07, 6.45) is 3.52. The Kier molecular flexibility index (Phi) is 8.16. The van der Waals surface area contributed by atoms with Crippen molar-refractivity contribution in [2.24, 2.45) is 0 Å². The minimum absolute atomic E-state index is 0.551. The van der Waals surface area contributed by atoms with Crippen molar-refractivity contribution in [3.63, 3.8) is 0 Å². The number of nitrogens with zero attached hydrogens (tertiary/aromatic N) is 2. The fourth-order valence-corrected chi connectivity index (χ4v) is 4.17. The highest BCUT2D eigenvalue weighted by Gasteiger charge is 2.13. The van der Waals surface area contributed by atoms with Crippen LogP contribution in [-0.2, 0) is 13.0 Å². The summed E-state index contributed by atoms with van der Waals surface area (Å²) in [6, 6.07) is 26.4. The summed E-state index contributed by atoms with van der Waals surface area (Å²) in [6.45, 7) is 6.90. The molecule has 6 heteroatoms. The maximum Gasteiger partial charge on any atom is 0.175 e. The van der Waals surface area contributed by atoms with Gasteiger partial charge in [-0.25, -0.2) is 0 Å². The topological polar surface area (TPSA) is 51.1 Å². The molecule has 3 aromatic carbocycles. The standard InChI is InChI=1S/C29H32N4OS/c1-4-5-10-23-15-17-25(18-16-23)30-29(35)31-28-21(2)32-33(22(28)3)20-24-11-9-14-27(19-24)34-26-12-7-6-8-13-26/h6-9,11-19H,4-5,10,20H2,1-3H3,(H2,30,31,35). The molecule has 0 aliphatic rings. The van der Waals surface area contributed by atoms with Crippen LogP contribution in [0.25, 0.3) is 0 Å². The Morgan fingerprint density at radius 2 is 1.63 bits per heavy atom. The third kappa shape index (κ3) is 6.70. The molecular weight excluding hydrogens is 452 g/mol. The van der Waals surface area contributed by atoms with Crippen LogP contribution in [0.3, 0.4) is 0 Å². The lowest BCUT2D eigenvalue weighted by Crippen LogP contribution is -2.20. The first-order valence-corrected chi connectivity index (χ1v) is 12.5. The second-order valence-electron chi connectivity index (χ2n) is 8.65. The Balaban J connectivity index is 1.40. The Morgan fingerprint density at radius 3 is 2.37 bits per heavy atom. The van der Waals surface area contributed by atoms with E-state index in [-0.39, 0.29) is 0 Å². The average Bonchev–Trinajstić information content (AvgIpc) is 3.11. The van der Waals surface area contributed by atoms with E-state index in [9.17, 15) is 0 Å². The van der Waals surface area contributed by atoms with E-state index in [1.165, 1.54) is 18.4 Å². The van der Waals surface area contributed by atoms with Gasteiger partial charge in [-0.2, -0.15) is 5.10 Å². The highest BCUT2D eigenvalue weighted by molar-refractivity contribution is 7.80. The van der Waals surface area contributed by atoms with Crippen LogP contribution in [0.5, 0.6) is 11.5 Å². The Labute approximate surface area is 213 Å². The fraction of sp³-hybridized carbons (Fsp3) is 0.241. The molecule has 0 aliphatic heterocycles. The summed E-state index contributed by atoms with van der Waals surface area (Å²) in [5, 5.41) is 11.9. The number of unbranched alkanes of at least 4 members (excludes halogenated alkanes) is 1. The summed E-state index contributed by atoms with van der Waals surface area (Å²) in [4.78, 5) is 0. The molecule has 0 bridgehead atoms. The first kappa shape index (κ1) is 24.5. The van der Waals surface area contributed by atoms with Gasteiger partial charge in [0, 0.05) is 5.69 Å². The van der Waals surface area contributed by atoms with Gasteiger partial charge in [-0.1, -0.05) is 55.8 Å². The first-order valence-electron chi connectivity index (χ1n) is 12.0. The van der Waals surface area contributed by atoms with Gasteiger partial charge in [-0.05, 0) is 86.4 Å². The Hall–Kier alpha value is -3.64. The summed E-state index contributed by atoms with van der Waals surface area (Å²) in [7, 11) is 0. The lowest BCUT2D eigenvalue weighted by molar-refractivity contribution is 0.481. The van der Waals surface area contributed by atoms with E-state index in [0.717, 1.165) is 46.2 Å². The van der Waals surface area contributed by atoms with Gasteiger partial charge in [0.1, 0.15) is 11.5 Å². The number of thiocarbonyl (C=S) groups is 1. The highest BCUT2D eigenvalue weighted by atomic mass is 32.1. The lowest BCUT2D eigenvalue weighted by atomic mass is 10.1. The number of rotatable bonds is 9. The van der Waals surface area contributed by atoms with E-state index in [4.69, 9.17) is 22.1 Å². The minimum Gasteiger partial charge on any atom is -0.457 e. The van der Waals surface area contributed by atoms with Crippen molar-refractivity contribution in [3.8, 4) is 11.5 Å². The van der Waals surface area contributed by atoms with Gasteiger partial charge >= 0.3 is 0 Å². The average molecular weight is 485 g/mol. The van der Waals surface area contributed by atoms with Gasteiger partial charge in [-0.15, -0.1) is 0 Å². The molecule has 4 rings (SSSR count). The molecule has 0 saturated carbocycles. The first-order chi connectivity index (χ1) is 17.0. The van der Waals surface area contributed by atoms with Gasteiger partial charge in [0.25, 0.3) is 0 Å². The summed E-state index contributed by atoms with van der Waals surface area (Å²) in [5.41, 5.74) is 6.29. The quantitative estimate of drug-likeness (QED) is 0.241. The normalized spacial score (nSPS) is 10.7. The van der Waals surface area contributed by atoms with Crippen LogP contribution in [0.15, 0.2) is 78.9 Å². The third-order valence-corrected chi connectivity index (χ3v) is 6.06. The Morgan fingerprint density at radius 1 is 0.886 bits per heavy atom. The summed E-state index contributed by atoms with van der Waals surface area (Å²) < 4.78 is 7.97. The van der Waals surface area contributed by atoms with Gasteiger partial charge in [0.15, 0.2) is 5.11 Å². The second kappa shape index (κ2) is 11.7. The molecule has 5 nitrogen and oxygen atoms in total. The molecule has 35 heavy (non-hydrogen) atoms. The van der Waals surface area contributed by atoms with Crippen molar-refractivity contribution in [1.29, 1.82) is 0 Å². The number of para-hydroxylation sites is 1. The molecule has 0 unspecified atom stereocenters. The van der Waals surface area contributed by atoms with E-state index in [2.05, 4.69) is 54.8 Å². The van der Waals surface area contributed by atoms with E-state index in [1.807, 2.05) is 60.1 Å². The molecule has 0 aliphatic carbocycles. The molecule has 0 amide bonds. The van der Waals surface area contributed by atoms with Gasteiger partial charge in [0.05, 0.1) is 23.6 Å². The molecule has 2 N–H and O–H groups in total. The summed E-state index contributed by atoms with van der Waals surface area (Å²) >= 11 is 5.58. The van der Waals surface area contributed by atoms with E-state index >= 15 is 0 Å². The fourth-order valence-electron chi connectivity index (χ4n) is 3.95. The van der Waals surface area contributed by atoms with E-state index in [0.29, 0.717) is 11.7 Å². The van der Waals surface area contributed by atoms with Gasteiger partial charge < -0.3 is 15.4 Å². The van der Waals surface area contributed by atoms with Crippen LogP contribution in [-0.4, -0.2) is 14.9 Å². The maximum absolute atomic E-state index is 5.98. The third-order valence-electron chi connectivity index (χ3n) is 5.86. The van der Waals surface area contributed by atoms with Gasteiger partial charge in [0.2, 0.25) is 0 Å². The van der Waals surface area contributed by atoms with Crippen molar-refractivity contribution in [2.45, 2.75) is 46.6 Å². The van der Waals surface area contributed by atoms with Crippen LogP contribution in [0.2, 0.25) is 0 Å². The molecule has 0 saturated heterocycles. The SMILES string of the molecule is CCCCc1ccc(NC(=S)Nc2c(C)nn(Cc3cccc(Oc4ccccc4)c3)c2C)cc1. The molecule has 4 aromatic rings. The van der Waals surface area contributed by atoms with Crippen molar-refractivity contribution in [2.75, 3.05) is 10.6 Å². The predicted molar refractivity (Wildman–Crippen MR) is 149 cm³/mol. The molecule has 1 heterocycles. The molecule has 0 fully saturated rings. The monoisotopic (exact) mass is 484 g/mol. The minimum atomic E-state index is 0.551. The maximum atomic E-state index is 5.98. The number of anilines is 2.